The molecule has 0 aliphatic rings. The third kappa shape index (κ3) is 3.50. The minimum atomic E-state index is -3.79. The number of nitrogens with one attached hydrogen (secondary N) is 1. The summed E-state index contributed by atoms with van der Waals surface area (Å²) in [7, 11) is -2.10. The van der Waals surface area contributed by atoms with Crippen LogP contribution in [0, 0.1) is 17.0 Å². The van der Waals surface area contributed by atoms with Gasteiger partial charge < -0.3 is 0 Å². The van der Waals surface area contributed by atoms with Crippen molar-refractivity contribution in [2.45, 2.75) is 11.8 Å². The SMILES string of the molecule is Cc1c(NS(=O)(=O)c2ccc([N+](=O)[O-])cc2)cnn1C.Cl. The highest BCUT2D eigenvalue weighted by molar-refractivity contribution is 7.92. The number of anilines is 1. The zero-order valence-electron chi connectivity index (χ0n) is 11.2. The molecule has 10 heteroatoms. The van der Waals surface area contributed by atoms with Crippen LogP contribution in [0.2, 0.25) is 0 Å². The Morgan fingerprint density at radius 1 is 1.29 bits per heavy atom. The number of non-ortho nitro benzene ring substituents is 1. The second-order valence-electron chi connectivity index (χ2n) is 4.12. The number of nitro groups is 1. The highest BCUT2D eigenvalue weighted by Crippen LogP contribution is 2.20. The topological polar surface area (TPSA) is 107 Å². The van der Waals surface area contributed by atoms with E-state index in [9.17, 15) is 18.5 Å². The van der Waals surface area contributed by atoms with Crippen LogP contribution in [0.4, 0.5) is 11.4 Å². The van der Waals surface area contributed by atoms with Crippen LogP contribution >= 0.6 is 12.4 Å². The highest BCUT2D eigenvalue weighted by Gasteiger charge is 2.18. The Hall–Kier alpha value is -2.13. The monoisotopic (exact) mass is 332 g/mol. The molecule has 1 heterocycles. The molecule has 0 spiro atoms. The zero-order chi connectivity index (χ0) is 14.9. The third-order valence-electron chi connectivity index (χ3n) is 2.84. The Morgan fingerprint density at radius 2 is 1.86 bits per heavy atom. The van der Waals surface area contributed by atoms with E-state index in [0.717, 1.165) is 12.1 Å². The van der Waals surface area contributed by atoms with E-state index in [-0.39, 0.29) is 23.0 Å². The van der Waals surface area contributed by atoms with E-state index < -0.39 is 14.9 Å². The Labute approximate surface area is 127 Å². The summed E-state index contributed by atoms with van der Waals surface area (Å²) in [5, 5.41) is 14.5. The van der Waals surface area contributed by atoms with Gasteiger partial charge in [0.1, 0.15) is 0 Å². The second-order valence-corrected chi connectivity index (χ2v) is 5.81. The minimum absolute atomic E-state index is 0. The molecular weight excluding hydrogens is 320 g/mol. The number of rotatable bonds is 4. The number of halogens is 1. The zero-order valence-corrected chi connectivity index (χ0v) is 12.8. The van der Waals surface area contributed by atoms with Gasteiger partial charge in [0.2, 0.25) is 0 Å². The normalized spacial score (nSPS) is 10.8. The number of benzene rings is 1. The molecule has 2 rings (SSSR count). The number of hydrogen-bond acceptors (Lipinski definition) is 5. The van der Waals surface area contributed by atoms with Gasteiger partial charge in [-0.3, -0.25) is 19.5 Å². The molecule has 1 N–H and O–H groups in total. The lowest BCUT2D eigenvalue weighted by Crippen LogP contribution is -2.13. The molecule has 0 saturated carbocycles. The Kier molecular flexibility index (Phi) is 4.92. The quantitative estimate of drug-likeness (QED) is 0.679. The van der Waals surface area contributed by atoms with Crippen LogP contribution in [-0.4, -0.2) is 23.1 Å². The Morgan fingerprint density at radius 3 is 2.29 bits per heavy atom. The van der Waals surface area contributed by atoms with Gasteiger partial charge in [-0.1, -0.05) is 0 Å². The van der Waals surface area contributed by atoms with Gasteiger partial charge >= 0.3 is 0 Å². The van der Waals surface area contributed by atoms with Crippen molar-refractivity contribution < 1.29 is 13.3 Å². The summed E-state index contributed by atoms with van der Waals surface area (Å²) < 4.78 is 28.2. The van der Waals surface area contributed by atoms with Crippen molar-refractivity contribution in [2.24, 2.45) is 7.05 Å². The predicted molar refractivity (Wildman–Crippen MR) is 79.1 cm³/mol. The number of sulfonamides is 1. The van der Waals surface area contributed by atoms with Gasteiger partial charge in [-0.2, -0.15) is 5.10 Å². The first-order chi connectivity index (χ1) is 9.31. The second kappa shape index (κ2) is 6.10. The van der Waals surface area contributed by atoms with Gasteiger partial charge in [-0.15, -0.1) is 12.4 Å². The average molecular weight is 333 g/mol. The summed E-state index contributed by atoms with van der Waals surface area (Å²) in [5.74, 6) is 0. The number of nitrogens with zero attached hydrogens (tertiary/aromatic N) is 3. The first-order valence-corrected chi connectivity index (χ1v) is 7.05. The summed E-state index contributed by atoms with van der Waals surface area (Å²) in [5.41, 5.74) is 0.864. The molecule has 21 heavy (non-hydrogen) atoms. The minimum Gasteiger partial charge on any atom is -0.276 e. The van der Waals surface area contributed by atoms with E-state index in [1.807, 2.05) is 0 Å². The standard InChI is InChI=1S/C11H12N4O4S.ClH/c1-8-11(7-12-14(8)2)13-20(18,19)10-5-3-9(4-6-10)15(16)17;/h3-7,13H,1-2H3;1H. The van der Waals surface area contributed by atoms with Crippen LogP contribution in [0.3, 0.4) is 0 Å². The van der Waals surface area contributed by atoms with Gasteiger partial charge in [0.05, 0.1) is 27.4 Å². The van der Waals surface area contributed by atoms with E-state index in [1.165, 1.54) is 23.0 Å². The highest BCUT2D eigenvalue weighted by atomic mass is 35.5. The van der Waals surface area contributed by atoms with E-state index >= 15 is 0 Å². The van der Waals surface area contributed by atoms with Crippen molar-refractivity contribution in [3.05, 3.63) is 46.3 Å². The van der Waals surface area contributed by atoms with Crippen molar-refractivity contribution in [1.29, 1.82) is 0 Å². The van der Waals surface area contributed by atoms with Crippen molar-refractivity contribution in [3.8, 4) is 0 Å². The molecule has 0 fully saturated rings. The molecule has 2 aromatic rings. The van der Waals surface area contributed by atoms with Crippen LogP contribution in [0.1, 0.15) is 5.69 Å². The molecule has 0 atom stereocenters. The lowest BCUT2D eigenvalue weighted by Gasteiger charge is -2.07. The van der Waals surface area contributed by atoms with Crippen LogP contribution in [0.5, 0.6) is 0 Å². The van der Waals surface area contributed by atoms with Crippen LogP contribution in [0.25, 0.3) is 0 Å². The van der Waals surface area contributed by atoms with Gasteiger partial charge in [0.25, 0.3) is 15.7 Å². The maximum absolute atomic E-state index is 12.1. The summed E-state index contributed by atoms with van der Waals surface area (Å²) in [6, 6.07) is 4.66. The van der Waals surface area contributed by atoms with Crippen LogP contribution in [0.15, 0.2) is 35.4 Å². The molecule has 0 radical (unpaired) electrons. The van der Waals surface area contributed by atoms with Crippen molar-refractivity contribution in [2.75, 3.05) is 4.72 Å². The fourth-order valence-electron chi connectivity index (χ4n) is 1.55. The van der Waals surface area contributed by atoms with Crippen molar-refractivity contribution >= 4 is 33.8 Å². The summed E-state index contributed by atoms with van der Waals surface area (Å²) >= 11 is 0. The van der Waals surface area contributed by atoms with E-state index in [4.69, 9.17) is 0 Å². The molecule has 114 valence electrons. The fourth-order valence-corrected chi connectivity index (χ4v) is 2.65. The number of aryl methyl sites for hydroxylation is 1. The summed E-state index contributed by atoms with van der Waals surface area (Å²) in [6.07, 6.45) is 1.40. The fraction of sp³-hybridized carbons (Fsp3) is 0.182. The molecule has 1 aromatic heterocycles. The molecular formula is C11H13ClN4O4S. The Balaban J connectivity index is 0.00000220. The lowest BCUT2D eigenvalue weighted by molar-refractivity contribution is -0.384. The van der Waals surface area contributed by atoms with Gasteiger partial charge in [0, 0.05) is 19.2 Å². The van der Waals surface area contributed by atoms with Crippen molar-refractivity contribution in [1.82, 2.24) is 9.78 Å². The van der Waals surface area contributed by atoms with E-state index in [1.54, 1.807) is 14.0 Å². The smallest absolute Gasteiger partial charge is 0.269 e. The third-order valence-corrected chi connectivity index (χ3v) is 4.22. The number of nitro benzene ring substituents is 1. The van der Waals surface area contributed by atoms with E-state index in [0.29, 0.717) is 11.4 Å². The maximum atomic E-state index is 12.1. The maximum Gasteiger partial charge on any atom is 0.269 e. The molecule has 0 amide bonds. The van der Waals surface area contributed by atoms with Crippen LogP contribution < -0.4 is 4.72 Å². The van der Waals surface area contributed by atoms with Crippen LogP contribution in [-0.2, 0) is 17.1 Å². The van der Waals surface area contributed by atoms with Gasteiger partial charge in [-0.25, -0.2) is 8.42 Å². The summed E-state index contributed by atoms with van der Waals surface area (Å²) in [6.45, 7) is 1.72. The van der Waals surface area contributed by atoms with Gasteiger partial charge in [0.15, 0.2) is 0 Å². The molecule has 0 unspecified atom stereocenters. The first-order valence-electron chi connectivity index (χ1n) is 5.57. The average Bonchev–Trinajstić information content (AvgIpc) is 2.70. The molecule has 0 aliphatic carbocycles. The first kappa shape index (κ1) is 16.9. The number of aromatic nitrogens is 2. The van der Waals surface area contributed by atoms with E-state index in [2.05, 4.69) is 9.82 Å². The molecule has 0 bridgehead atoms. The molecule has 8 nitrogen and oxygen atoms in total. The lowest BCUT2D eigenvalue weighted by atomic mass is 10.3. The molecule has 1 aromatic carbocycles. The summed E-state index contributed by atoms with van der Waals surface area (Å²) in [4.78, 5) is 9.89. The van der Waals surface area contributed by atoms with Crippen molar-refractivity contribution in [3.63, 3.8) is 0 Å². The molecule has 0 saturated heterocycles. The Bertz CT molecular complexity index is 755. The predicted octanol–water partition coefficient (Wildman–Crippen LogP) is 1.86. The van der Waals surface area contributed by atoms with Gasteiger partial charge in [-0.05, 0) is 19.1 Å². The largest absolute Gasteiger partial charge is 0.276 e. The number of hydrogen-bond donors (Lipinski definition) is 1. The molecule has 0 aliphatic heterocycles.